The summed E-state index contributed by atoms with van der Waals surface area (Å²) in [7, 11) is 0. The molecule has 2 aromatic heterocycles. The van der Waals surface area contributed by atoms with Gasteiger partial charge >= 0.3 is 0 Å². The molecule has 26 heavy (non-hydrogen) atoms. The van der Waals surface area contributed by atoms with E-state index < -0.39 is 0 Å². The van der Waals surface area contributed by atoms with Crippen molar-refractivity contribution in [2.75, 3.05) is 5.32 Å². The highest BCUT2D eigenvalue weighted by atomic mass is 16.1. The third kappa shape index (κ3) is 3.37. The van der Waals surface area contributed by atoms with Gasteiger partial charge in [0.15, 0.2) is 0 Å². The molecule has 0 saturated carbocycles. The molecule has 1 amide bonds. The first-order valence-electron chi connectivity index (χ1n) is 8.59. The van der Waals surface area contributed by atoms with Gasteiger partial charge in [-0.25, -0.2) is 4.98 Å². The minimum atomic E-state index is -0.0374. The average Bonchev–Trinajstić information content (AvgIpc) is 3.23. The largest absolute Gasteiger partial charge is 0.338 e. The van der Waals surface area contributed by atoms with Crippen LogP contribution in [0.15, 0.2) is 73.2 Å². The maximum Gasteiger partial charge on any atom is 0.244 e. The molecule has 5 nitrogen and oxygen atoms in total. The minimum Gasteiger partial charge on any atom is -0.338 e. The summed E-state index contributed by atoms with van der Waals surface area (Å²) in [5.74, 6) is 0.950. The van der Waals surface area contributed by atoms with Crippen molar-refractivity contribution in [3.8, 4) is 0 Å². The Labute approximate surface area is 151 Å². The van der Waals surface area contributed by atoms with E-state index >= 15 is 0 Å². The number of para-hydroxylation sites is 1. The van der Waals surface area contributed by atoms with Gasteiger partial charge in [-0.1, -0.05) is 30.3 Å². The van der Waals surface area contributed by atoms with Crippen LogP contribution >= 0.6 is 0 Å². The van der Waals surface area contributed by atoms with Gasteiger partial charge < -0.3 is 14.5 Å². The summed E-state index contributed by atoms with van der Waals surface area (Å²) >= 11 is 0. The Morgan fingerprint density at radius 3 is 2.58 bits per heavy atom. The second-order valence-corrected chi connectivity index (χ2v) is 6.35. The number of anilines is 1. The Balaban J connectivity index is 1.40. The maximum atomic E-state index is 12.4. The van der Waals surface area contributed by atoms with Crippen molar-refractivity contribution >= 4 is 22.5 Å². The molecule has 0 aliphatic carbocycles. The standard InChI is InChI=1S/C21H20N4O/c1-16-22-11-13-24(16)14-17-6-8-19(9-7-17)23-21(26)15-25-12-10-18-4-2-3-5-20(18)25/h2-13H,14-15H2,1H3,(H,23,26). The number of rotatable bonds is 5. The topological polar surface area (TPSA) is 51.9 Å². The predicted octanol–water partition coefficient (Wildman–Crippen LogP) is 3.83. The number of hydrogen-bond acceptors (Lipinski definition) is 2. The van der Waals surface area contributed by atoms with E-state index in [0.29, 0.717) is 6.54 Å². The fourth-order valence-corrected chi connectivity index (χ4v) is 3.09. The number of nitrogens with zero attached hydrogens (tertiary/aromatic N) is 3. The van der Waals surface area contributed by atoms with E-state index in [2.05, 4.69) is 14.9 Å². The fourth-order valence-electron chi connectivity index (χ4n) is 3.09. The lowest BCUT2D eigenvalue weighted by Crippen LogP contribution is -2.18. The summed E-state index contributed by atoms with van der Waals surface area (Å²) in [4.78, 5) is 16.6. The van der Waals surface area contributed by atoms with Crippen LogP contribution < -0.4 is 5.32 Å². The zero-order valence-electron chi connectivity index (χ0n) is 14.6. The number of aryl methyl sites for hydroxylation is 1. The Hall–Kier alpha value is -3.34. The van der Waals surface area contributed by atoms with Crippen molar-refractivity contribution in [3.05, 3.63) is 84.6 Å². The van der Waals surface area contributed by atoms with Crippen molar-refractivity contribution < 1.29 is 4.79 Å². The van der Waals surface area contributed by atoms with Gasteiger partial charge in [-0.2, -0.15) is 0 Å². The summed E-state index contributed by atoms with van der Waals surface area (Å²) < 4.78 is 4.05. The molecular weight excluding hydrogens is 324 g/mol. The molecule has 0 fully saturated rings. The number of carbonyl (C=O) groups excluding carboxylic acids is 1. The number of hydrogen-bond donors (Lipinski definition) is 1. The van der Waals surface area contributed by atoms with Crippen LogP contribution in [0.4, 0.5) is 5.69 Å². The van der Waals surface area contributed by atoms with Crippen molar-refractivity contribution in [1.82, 2.24) is 14.1 Å². The van der Waals surface area contributed by atoms with Gasteiger partial charge in [0.2, 0.25) is 5.91 Å². The molecule has 0 aliphatic heterocycles. The molecule has 0 spiro atoms. The van der Waals surface area contributed by atoms with Crippen molar-refractivity contribution in [1.29, 1.82) is 0 Å². The molecule has 2 heterocycles. The number of benzene rings is 2. The van der Waals surface area contributed by atoms with Crippen LogP contribution in [-0.2, 0) is 17.9 Å². The quantitative estimate of drug-likeness (QED) is 0.598. The van der Waals surface area contributed by atoms with E-state index in [9.17, 15) is 4.79 Å². The second kappa shape index (κ2) is 6.88. The minimum absolute atomic E-state index is 0.0374. The molecule has 0 atom stereocenters. The Kier molecular flexibility index (Phi) is 4.27. The molecule has 1 N–H and O–H groups in total. The number of imidazole rings is 1. The number of carbonyl (C=O) groups is 1. The summed E-state index contributed by atoms with van der Waals surface area (Å²) in [6.45, 7) is 3.05. The number of nitrogens with one attached hydrogen (secondary N) is 1. The van der Waals surface area contributed by atoms with Gasteiger partial charge in [0.05, 0.1) is 0 Å². The molecule has 2 aromatic carbocycles. The van der Waals surface area contributed by atoms with E-state index in [4.69, 9.17) is 0 Å². The number of aromatic nitrogens is 3. The fraction of sp³-hybridized carbons (Fsp3) is 0.143. The van der Waals surface area contributed by atoms with Crippen LogP contribution in [0.5, 0.6) is 0 Å². The zero-order chi connectivity index (χ0) is 17.9. The van der Waals surface area contributed by atoms with E-state index in [1.807, 2.05) is 78.5 Å². The van der Waals surface area contributed by atoms with Crippen molar-refractivity contribution in [2.24, 2.45) is 0 Å². The SMILES string of the molecule is Cc1nccn1Cc1ccc(NC(=O)Cn2ccc3ccccc32)cc1. The molecular formula is C21H20N4O. The highest BCUT2D eigenvalue weighted by molar-refractivity contribution is 5.92. The summed E-state index contributed by atoms with van der Waals surface area (Å²) in [6, 6.07) is 18.0. The average molecular weight is 344 g/mol. The third-order valence-corrected chi connectivity index (χ3v) is 4.51. The lowest BCUT2D eigenvalue weighted by molar-refractivity contribution is -0.116. The molecule has 0 bridgehead atoms. The highest BCUT2D eigenvalue weighted by Crippen LogP contribution is 2.16. The van der Waals surface area contributed by atoms with E-state index in [1.165, 1.54) is 5.56 Å². The molecule has 0 saturated heterocycles. The Morgan fingerprint density at radius 2 is 1.81 bits per heavy atom. The third-order valence-electron chi connectivity index (χ3n) is 4.51. The molecule has 4 rings (SSSR count). The van der Waals surface area contributed by atoms with Gasteiger partial charge in [0.1, 0.15) is 12.4 Å². The van der Waals surface area contributed by atoms with Crippen LogP contribution in [-0.4, -0.2) is 20.0 Å². The first-order chi connectivity index (χ1) is 12.7. The van der Waals surface area contributed by atoms with Crippen molar-refractivity contribution in [3.63, 3.8) is 0 Å². The Bertz CT molecular complexity index is 1040. The Morgan fingerprint density at radius 1 is 1.00 bits per heavy atom. The molecule has 0 aliphatic rings. The normalized spacial score (nSPS) is 11.0. The summed E-state index contributed by atoms with van der Waals surface area (Å²) in [5.41, 5.74) is 3.03. The summed E-state index contributed by atoms with van der Waals surface area (Å²) in [5, 5.41) is 4.10. The van der Waals surface area contributed by atoms with Gasteiger partial charge in [-0.15, -0.1) is 0 Å². The lowest BCUT2D eigenvalue weighted by Gasteiger charge is -2.09. The van der Waals surface area contributed by atoms with Gasteiger partial charge in [-0.05, 0) is 42.1 Å². The van der Waals surface area contributed by atoms with Crippen LogP contribution in [0.2, 0.25) is 0 Å². The maximum absolute atomic E-state index is 12.4. The monoisotopic (exact) mass is 344 g/mol. The summed E-state index contributed by atoms with van der Waals surface area (Å²) in [6.07, 6.45) is 5.71. The van der Waals surface area contributed by atoms with Gasteiger partial charge in [0, 0.05) is 36.3 Å². The highest BCUT2D eigenvalue weighted by Gasteiger charge is 2.07. The smallest absolute Gasteiger partial charge is 0.244 e. The van der Waals surface area contributed by atoms with Crippen LogP contribution in [0.3, 0.4) is 0 Å². The van der Waals surface area contributed by atoms with Crippen LogP contribution in [0.1, 0.15) is 11.4 Å². The lowest BCUT2D eigenvalue weighted by atomic mass is 10.2. The zero-order valence-corrected chi connectivity index (χ0v) is 14.6. The molecule has 5 heteroatoms. The second-order valence-electron chi connectivity index (χ2n) is 6.35. The molecule has 0 radical (unpaired) electrons. The van der Waals surface area contributed by atoms with Gasteiger partial charge in [-0.3, -0.25) is 4.79 Å². The first kappa shape index (κ1) is 16.1. The number of amides is 1. The molecule has 0 unspecified atom stereocenters. The van der Waals surface area contributed by atoms with E-state index in [1.54, 1.807) is 6.20 Å². The van der Waals surface area contributed by atoms with Crippen LogP contribution in [0, 0.1) is 6.92 Å². The molecule has 4 aromatic rings. The predicted molar refractivity (Wildman–Crippen MR) is 103 cm³/mol. The van der Waals surface area contributed by atoms with Crippen molar-refractivity contribution in [2.45, 2.75) is 20.0 Å². The van der Waals surface area contributed by atoms with E-state index in [-0.39, 0.29) is 5.91 Å². The van der Waals surface area contributed by atoms with E-state index in [0.717, 1.165) is 29.0 Å². The van der Waals surface area contributed by atoms with Crippen LogP contribution in [0.25, 0.3) is 10.9 Å². The number of fused-ring (bicyclic) bond motifs is 1. The first-order valence-corrected chi connectivity index (χ1v) is 8.59. The molecule has 130 valence electrons. The van der Waals surface area contributed by atoms with Gasteiger partial charge in [0.25, 0.3) is 0 Å².